The quantitative estimate of drug-likeness (QED) is 0.397. The molecule has 0 bridgehead atoms. The molecule has 4 aromatic rings. The molecule has 0 fully saturated rings. The second kappa shape index (κ2) is 7.55. The highest BCUT2D eigenvalue weighted by Gasteiger charge is 2.43. The highest BCUT2D eigenvalue weighted by molar-refractivity contribution is 9.10. The second-order valence-corrected chi connectivity index (χ2v) is 8.66. The fourth-order valence-corrected chi connectivity index (χ4v) is 4.56. The minimum absolute atomic E-state index is 0.0141. The summed E-state index contributed by atoms with van der Waals surface area (Å²) < 4.78 is 6.66. The van der Waals surface area contributed by atoms with E-state index in [2.05, 4.69) is 15.9 Å². The van der Waals surface area contributed by atoms with Crippen LogP contribution in [0.4, 0.5) is 0 Å². The average molecular weight is 497 g/mol. The molecule has 1 aliphatic rings. The van der Waals surface area contributed by atoms with Gasteiger partial charge in [-0.15, -0.1) is 0 Å². The molecule has 0 spiro atoms. The van der Waals surface area contributed by atoms with E-state index in [-0.39, 0.29) is 29.0 Å². The number of benzene rings is 3. The first-order valence-electron chi connectivity index (χ1n) is 9.53. The van der Waals surface area contributed by atoms with E-state index < -0.39 is 11.9 Å². The molecular weight excluding hydrogens is 482 g/mol. The molecule has 154 valence electrons. The van der Waals surface area contributed by atoms with Gasteiger partial charge in [-0.25, -0.2) is 0 Å². The Hall–Kier alpha value is -3.09. The molecule has 7 heteroatoms. The van der Waals surface area contributed by atoms with Crippen LogP contribution in [0.2, 0.25) is 5.02 Å². The first-order valence-corrected chi connectivity index (χ1v) is 10.7. The van der Waals surface area contributed by atoms with Crippen LogP contribution >= 0.6 is 27.5 Å². The maximum atomic E-state index is 13.5. The van der Waals surface area contributed by atoms with E-state index in [1.807, 2.05) is 18.2 Å². The molecule has 1 N–H and O–H groups in total. The number of aromatic hydroxyl groups is 1. The highest BCUT2D eigenvalue weighted by atomic mass is 79.9. The van der Waals surface area contributed by atoms with Crippen molar-refractivity contribution in [1.82, 2.24) is 4.90 Å². The molecule has 0 unspecified atom stereocenters. The zero-order chi connectivity index (χ0) is 21.7. The number of phenols is 1. The zero-order valence-electron chi connectivity index (χ0n) is 16.0. The van der Waals surface area contributed by atoms with Crippen LogP contribution in [0, 0.1) is 0 Å². The summed E-state index contributed by atoms with van der Waals surface area (Å²) in [4.78, 5) is 28.5. The number of rotatable bonds is 3. The van der Waals surface area contributed by atoms with Gasteiger partial charge in [0.1, 0.15) is 11.3 Å². The molecule has 31 heavy (non-hydrogen) atoms. The van der Waals surface area contributed by atoms with Gasteiger partial charge in [0.15, 0.2) is 5.43 Å². The van der Waals surface area contributed by atoms with Crippen LogP contribution in [0.1, 0.15) is 33.3 Å². The Balaban J connectivity index is 1.75. The summed E-state index contributed by atoms with van der Waals surface area (Å²) in [5.74, 6) is -0.339. The first-order chi connectivity index (χ1) is 14.9. The Labute approximate surface area is 190 Å². The Bertz CT molecular complexity index is 1410. The van der Waals surface area contributed by atoms with Gasteiger partial charge in [-0.05, 0) is 47.5 Å². The third-order valence-electron chi connectivity index (χ3n) is 5.41. The van der Waals surface area contributed by atoms with Gasteiger partial charge in [-0.3, -0.25) is 9.59 Å². The molecule has 1 aromatic heterocycles. The standard InChI is InChI=1S/C24H15BrClNO4/c25-15-8-9-19-17(11-15)22(29)20-21(13-5-3-6-16(28)10-13)27(24(30)23(20)31-19)12-14-4-1-2-7-18(14)26/h1-11,21,28H,12H2/t21-/m1/s1. The predicted octanol–water partition coefficient (Wildman–Crippen LogP) is 5.66. The van der Waals surface area contributed by atoms with Crippen molar-refractivity contribution in [3.05, 3.63) is 109 Å². The van der Waals surface area contributed by atoms with Gasteiger partial charge in [0.2, 0.25) is 5.76 Å². The summed E-state index contributed by atoms with van der Waals surface area (Å²) in [6.45, 7) is 0.183. The Morgan fingerprint density at radius 1 is 1.03 bits per heavy atom. The van der Waals surface area contributed by atoms with Crippen LogP contribution < -0.4 is 5.43 Å². The Morgan fingerprint density at radius 3 is 2.61 bits per heavy atom. The van der Waals surface area contributed by atoms with Crippen LogP contribution in [0.25, 0.3) is 11.0 Å². The topological polar surface area (TPSA) is 70.8 Å². The van der Waals surface area contributed by atoms with Gasteiger partial charge in [-0.1, -0.05) is 57.9 Å². The third kappa shape index (κ3) is 3.32. The van der Waals surface area contributed by atoms with E-state index in [4.69, 9.17) is 16.0 Å². The van der Waals surface area contributed by atoms with Crippen molar-refractivity contribution in [2.45, 2.75) is 12.6 Å². The van der Waals surface area contributed by atoms with Crippen molar-refractivity contribution in [3.63, 3.8) is 0 Å². The third-order valence-corrected chi connectivity index (χ3v) is 6.27. The van der Waals surface area contributed by atoms with E-state index in [9.17, 15) is 14.7 Å². The fraction of sp³-hybridized carbons (Fsp3) is 0.0833. The van der Waals surface area contributed by atoms with Crippen molar-refractivity contribution in [2.24, 2.45) is 0 Å². The Morgan fingerprint density at radius 2 is 1.84 bits per heavy atom. The van der Waals surface area contributed by atoms with Crippen LogP contribution in [-0.4, -0.2) is 15.9 Å². The zero-order valence-corrected chi connectivity index (χ0v) is 18.4. The summed E-state index contributed by atoms with van der Waals surface area (Å²) in [5.41, 5.74) is 1.68. The number of hydrogen-bond acceptors (Lipinski definition) is 4. The number of phenolic OH excluding ortho intramolecular Hbond substituents is 1. The van der Waals surface area contributed by atoms with Crippen molar-refractivity contribution in [2.75, 3.05) is 0 Å². The molecule has 2 heterocycles. The van der Waals surface area contributed by atoms with Gasteiger partial charge in [-0.2, -0.15) is 0 Å². The average Bonchev–Trinajstić information content (AvgIpc) is 3.02. The molecule has 0 saturated heterocycles. The molecule has 1 atom stereocenters. The van der Waals surface area contributed by atoms with Crippen LogP contribution in [0.3, 0.4) is 0 Å². The summed E-state index contributed by atoms with van der Waals surface area (Å²) in [6, 6.07) is 18.2. The lowest BCUT2D eigenvalue weighted by Gasteiger charge is -2.25. The predicted molar refractivity (Wildman–Crippen MR) is 121 cm³/mol. The maximum absolute atomic E-state index is 13.5. The molecular formula is C24H15BrClNO4. The lowest BCUT2D eigenvalue weighted by molar-refractivity contribution is 0.0714. The maximum Gasteiger partial charge on any atom is 0.291 e. The number of halogens is 2. The molecule has 5 rings (SSSR count). The van der Waals surface area contributed by atoms with Crippen molar-refractivity contribution < 1.29 is 14.3 Å². The van der Waals surface area contributed by atoms with Crippen molar-refractivity contribution in [1.29, 1.82) is 0 Å². The summed E-state index contributed by atoms with van der Waals surface area (Å²) >= 11 is 9.73. The van der Waals surface area contributed by atoms with Crippen LogP contribution in [-0.2, 0) is 6.54 Å². The summed E-state index contributed by atoms with van der Waals surface area (Å²) in [5, 5.41) is 11.0. The number of carbonyl (C=O) groups excluding carboxylic acids is 1. The largest absolute Gasteiger partial charge is 0.508 e. The summed E-state index contributed by atoms with van der Waals surface area (Å²) in [6.07, 6.45) is 0. The SMILES string of the molecule is O=C1c2oc3ccc(Br)cc3c(=O)c2[C@@H](c2cccc(O)c2)N1Cc1ccccc1Cl. The van der Waals surface area contributed by atoms with Gasteiger partial charge in [0.25, 0.3) is 5.91 Å². The number of carbonyl (C=O) groups is 1. The lowest BCUT2D eigenvalue weighted by Crippen LogP contribution is -2.29. The van der Waals surface area contributed by atoms with Crippen LogP contribution in [0.5, 0.6) is 5.75 Å². The molecule has 0 aliphatic carbocycles. The smallest absolute Gasteiger partial charge is 0.291 e. The van der Waals surface area contributed by atoms with E-state index in [1.165, 1.54) is 0 Å². The monoisotopic (exact) mass is 495 g/mol. The second-order valence-electron chi connectivity index (χ2n) is 7.34. The fourth-order valence-electron chi connectivity index (χ4n) is 4.01. The molecule has 0 radical (unpaired) electrons. The van der Waals surface area contributed by atoms with Gasteiger partial charge >= 0.3 is 0 Å². The normalized spacial score (nSPS) is 15.5. The van der Waals surface area contributed by atoms with E-state index in [0.29, 0.717) is 21.6 Å². The number of amides is 1. The lowest BCUT2D eigenvalue weighted by atomic mass is 9.98. The molecule has 1 aliphatic heterocycles. The molecule has 0 saturated carbocycles. The first kappa shape index (κ1) is 19.8. The van der Waals surface area contributed by atoms with Gasteiger partial charge < -0.3 is 14.4 Å². The summed E-state index contributed by atoms with van der Waals surface area (Å²) in [7, 11) is 0. The van der Waals surface area contributed by atoms with E-state index in [1.54, 1.807) is 53.4 Å². The van der Waals surface area contributed by atoms with Crippen LogP contribution in [0.15, 0.2) is 80.4 Å². The minimum atomic E-state index is -0.717. The molecule has 1 amide bonds. The molecule has 3 aromatic carbocycles. The van der Waals surface area contributed by atoms with E-state index in [0.717, 1.165) is 10.0 Å². The van der Waals surface area contributed by atoms with Crippen molar-refractivity contribution in [3.8, 4) is 5.75 Å². The van der Waals surface area contributed by atoms with Gasteiger partial charge in [0, 0.05) is 16.0 Å². The minimum Gasteiger partial charge on any atom is -0.508 e. The number of fused-ring (bicyclic) bond motifs is 2. The number of hydrogen-bond donors (Lipinski definition) is 1. The number of nitrogens with zero attached hydrogens (tertiary/aromatic N) is 1. The van der Waals surface area contributed by atoms with Crippen molar-refractivity contribution >= 4 is 44.4 Å². The molecule has 5 nitrogen and oxygen atoms in total. The van der Waals surface area contributed by atoms with E-state index >= 15 is 0 Å². The Kier molecular flexibility index (Phi) is 4.84. The van der Waals surface area contributed by atoms with Gasteiger partial charge in [0.05, 0.1) is 17.0 Å². The highest BCUT2D eigenvalue weighted by Crippen LogP contribution is 2.40.